The Kier molecular flexibility index (Phi) is 4.85. The molecular weight excluding hydrogens is 295 g/mol. The molecule has 0 spiro atoms. The first-order chi connectivity index (χ1) is 11.1. The van der Waals surface area contributed by atoms with E-state index >= 15 is 0 Å². The highest BCUT2D eigenvalue weighted by Gasteiger charge is 2.34. The van der Waals surface area contributed by atoms with Crippen LogP contribution < -0.4 is 10.6 Å². The molecule has 4 nitrogen and oxygen atoms in total. The lowest BCUT2D eigenvalue weighted by molar-refractivity contribution is 0.177. The molecule has 2 aliphatic carbocycles. The number of hydrogen-bond acceptors (Lipinski definition) is 2. The predicted octanol–water partition coefficient (Wildman–Crippen LogP) is 3.06. The first-order valence-corrected chi connectivity index (χ1v) is 8.56. The number of amides is 2. The lowest BCUT2D eigenvalue weighted by Gasteiger charge is -2.29. The second kappa shape index (κ2) is 6.87. The summed E-state index contributed by atoms with van der Waals surface area (Å²) < 4.78 is 13.7. The SMILES string of the molecule is O=C(NCC1(CCO)CCCC1)N[C@@H]1CCc2c(F)cccc21. The van der Waals surface area contributed by atoms with Crippen molar-refractivity contribution in [2.45, 2.75) is 51.0 Å². The van der Waals surface area contributed by atoms with Gasteiger partial charge in [0, 0.05) is 13.2 Å². The standard InChI is InChI=1S/C18H25FN2O2/c19-15-5-3-4-14-13(15)6-7-16(14)21-17(23)20-12-18(10-11-22)8-1-2-9-18/h3-5,16,22H,1-2,6-12H2,(H2,20,21,23)/t16-/m1/s1. The molecule has 5 heteroatoms. The zero-order valence-electron chi connectivity index (χ0n) is 13.4. The highest BCUT2D eigenvalue weighted by molar-refractivity contribution is 5.74. The van der Waals surface area contributed by atoms with Crippen molar-refractivity contribution in [3.8, 4) is 0 Å². The van der Waals surface area contributed by atoms with E-state index in [0.717, 1.165) is 36.8 Å². The van der Waals surface area contributed by atoms with E-state index < -0.39 is 0 Å². The Bertz CT molecular complexity index is 570. The largest absolute Gasteiger partial charge is 0.396 e. The predicted molar refractivity (Wildman–Crippen MR) is 86.6 cm³/mol. The van der Waals surface area contributed by atoms with Gasteiger partial charge in [-0.05, 0) is 54.7 Å². The zero-order valence-corrected chi connectivity index (χ0v) is 13.4. The molecule has 0 heterocycles. The summed E-state index contributed by atoms with van der Waals surface area (Å²) in [4.78, 5) is 12.2. The topological polar surface area (TPSA) is 61.4 Å². The van der Waals surface area contributed by atoms with Gasteiger partial charge in [-0.2, -0.15) is 0 Å². The van der Waals surface area contributed by atoms with E-state index in [-0.39, 0.29) is 29.9 Å². The maximum absolute atomic E-state index is 13.7. The van der Waals surface area contributed by atoms with Gasteiger partial charge in [0.05, 0.1) is 6.04 Å². The molecule has 1 saturated carbocycles. The molecule has 0 radical (unpaired) electrons. The molecule has 3 N–H and O–H groups in total. The van der Waals surface area contributed by atoms with Gasteiger partial charge in [0.15, 0.2) is 0 Å². The molecule has 0 aromatic heterocycles. The number of aliphatic hydroxyl groups is 1. The van der Waals surface area contributed by atoms with Crippen LogP contribution in [0.5, 0.6) is 0 Å². The summed E-state index contributed by atoms with van der Waals surface area (Å²) in [6.45, 7) is 0.765. The maximum atomic E-state index is 13.7. The van der Waals surface area contributed by atoms with Gasteiger partial charge in [-0.25, -0.2) is 9.18 Å². The van der Waals surface area contributed by atoms with Gasteiger partial charge in [-0.1, -0.05) is 25.0 Å². The summed E-state index contributed by atoms with van der Waals surface area (Å²) in [5.74, 6) is -0.180. The van der Waals surface area contributed by atoms with Gasteiger partial charge in [0.2, 0.25) is 0 Å². The summed E-state index contributed by atoms with van der Waals surface area (Å²) in [7, 11) is 0. The van der Waals surface area contributed by atoms with Crippen molar-refractivity contribution in [3.05, 3.63) is 35.1 Å². The highest BCUT2D eigenvalue weighted by atomic mass is 19.1. The van der Waals surface area contributed by atoms with Crippen molar-refractivity contribution >= 4 is 6.03 Å². The number of aliphatic hydroxyl groups excluding tert-OH is 1. The van der Waals surface area contributed by atoms with Gasteiger partial charge in [0.25, 0.3) is 0 Å². The van der Waals surface area contributed by atoms with Crippen molar-refractivity contribution in [1.82, 2.24) is 10.6 Å². The number of nitrogens with one attached hydrogen (secondary N) is 2. The van der Waals surface area contributed by atoms with Crippen LogP contribution in [0.4, 0.5) is 9.18 Å². The molecule has 0 bridgehead atoms. The van der Waals surface area contributed by atoms with E-state index in [1.807, 2.05) is 6.07 Å². The number of carbonyl (C=O) groups excluding carboxylic acids is 1. The molecule has 1 atom stereocenters. The van der Waals surface area contributed by atoms with Crippen LogP contribution in [0, 0.1) is 11.2 Å². The van der Waals surface area contributed by atoms with E-state index in [1.165, 1.54) is 18.9 Å². The Balaban J connectivity index is 1.56. The minimum Gasteiger partial charge on any atom is -0.396 e. The fourth-order valence-corrected chi connectivity index (χ4v) is 4.11. The Morgan fingerprint density at radius 1 is 1.35 bits per heavy atom. The van der Waals surface area contributed by atoms with Crippen molar-refractivity contribution in [2.75, 3.05) is 13.2 Å². The molecule has 1 aromatic rings. The molecule has 2 amide bonds. The third-order valence-electron chi connectivity index (χ3n) is 5.45. The molecule has 126 valence electrons. The van der Waals surface area contributed by atoms with Crippen LogP contribution in [0.2, 0.25) is 0 Å². The summed E-state index contributed by atoms with van der Waals surface area (Å²) in [6.07, 6.45) is 6.60. The van der Waals surface area contributed by atoms with Crippen molar-refractivity contribution < 1.29 is 14.3 Å². The van der Waals surface area contributed by atoms with E-state index in [0.29, 0.717) is 13.0 Å². The lowest BCUT2D eigenvalue weighted by atomic mass is 9.83. The second-order valence-electron chi connectivity index (χ2n) is 6.91. The van der Waals surface area contributed by atoms with E-state index in [1.54, 1.807) is 6.07 Å². The molecular formula is C18H25FN2O2. The number of rotatable bonds is 5. The van der Waals surface area contributed by atoms with E-state index in [2.05, 4.69) is 10.6 Å². The minimum atomic E-state index is -0.198. The monoisotopic (exact) mass is 320 g/mol. The fourth-order valence-electron chi connectivity index (χ4n) is 4.11. The van der Waals surface area contributed by atoms with Crippen molar-refractivity contribution in [2.24, 2.45) is 5.41 Å². The Morgan fingerprint density at radius 3 is 2.87 bits per heavy atom. The molecule has 23 heavy (non-hydrogen) atoms. The van der Waals surface area contributed by atoms with Crippen LogP contribution in [-0.2, 0) is 6.42 Å². The smallest absolute Gasteiger partial charge is 0.315 e. The molecule has 2 aliphatic rings. The van der Waals surface area contributed by atoms with Crippen LogP contribution in [-0.4, -0.2) is 24.3 Å². The van der Waals surface area contributed by atoms with Gasteiger partial charge in [-0.3, -0.25) is 0 Å². The third-order valence-corrected chi connectivity index (χ3v) is 5.45. The first kappa shape index (κ1) is 16.2. The normalized spacial score (nSPS) is 21.9. The Morgan fingerprint density at radius 2 is 2.13 bits per heavy atom. The van der Waals surface area contributed by atoms with E-state index in [9.17, 15) is 14.3 Å². The molecule has 3 rings (SSSR count). The van der Waals surface area contributed by atoms with Gasteiger partial charge < -0.3 is 15.7 Å². The molecule has 1 aromatic carbocycles. The lowest BCUT2D eigenvalue weighted by Crippen LogP contribution is -2.43. The van der Waals surface area contributed by atoms with Crippen LogP contribution in [0.3, 0.4) is 0 Å². The first-order valence-electron chi connectivity index (χ1n) is 8.56. The van der Waals surface area contributed by atoms with Crippen LogP contribution in [0.15, 0.2) is 18.2 Å². The zero-order chi connectivity index (χ0) is 16.3. The average Bonchev–Trinajstić information content (AvgIpc) is 3.15. The van der Waals surface area contributed by atoms with Gasteiger partial charge in [0.1, 0.15) is 5.82 Å². The minimum absolute atomic E-state index is 0.0474. The molecule has 0 aliphatic heterocycles. The third kappa shape index (κ3) is 3.50. The number of fused-ring (bicyclic) bond motifs is 1. The van der Waals surface area contributed by atoms with Gasteiger partial charge >= 0.3 is 6.03 Å². The highest BCUT2D eigenvalue weighted by Crippen LogP contribution is 2.40. The summed E-state index contributed by atoms with van der Waals surface area (Å²) in [5.41, 5.74) is 1.67. The summed E-state index contributed by atoms with van der Waals surface area (Å²) >= 11 is 0. The molecule has 0 unspecified atom stereocenters. The average molecular weight is 320 g/mol. The quantitative estimate of drug-likeness (QED) is 0.781. The maximum Gasteiger partial charge on any atom is 0.315 e. The van der Waals surface area contributed by atoms with Gasteiger partial charge in [-0.15, -0.1) is 0 Å². The molecule has 0 saturated heterocycles. The van der Waals surface area contributed by atoms with Crippen LogP contribution in [0.1, 0.15) is 55.7 Å². The Hall–Kier alpha value is -1.62. The number of halogens is 1. The fraction of sp³-hybridized carbons (Fsp3) is 0.611. The van der Waals surface area contributed by atoms with E-state index in [4.69, 9.17) is 0 Å². The number of hydrogen-bond donors (Lipinski definition) is 3. The Labute approximate surface area is 136 Å². The second-order valence-corrected chi connectivity index (χ2v) is 6.91. The van der Waals surface area contributed by atoms with Crippen LogP contribution >= 0.6 is 0 Å². The number of benzene rings is 1. The number of urea groups is 1. The summed E-state index contributed by atoms with van der Waals surface area (Å²) in [5, 5.41) is 15.2. The van der Waals surface area contributed by atoms with Crippen molar-refractivity contribution in [3.63, 3.8) is 0 Å². The van der Waals surface area contributed by atoms with Crippen molar-refractivity contribution in [1.29, 1.82) is 0 Å². The van der Waals surface area contributed by atoms with Crippen LogP contribution in [0.25, 0.3) is 0 Å². The molecule has 1 fully saturated rings. The number of carbonyl (C=O) groups is 1. The summed E-state index contributed by atoms with van der Waals surface area (Å²) in [6, 6.07) is 4.75.